The van der Waals surface area contributed by atoms with Crippen LogP contribution in [-0.4, -0.2) is 20.6 Å². The second-order valence-electron chi connectivity index (χ2n) is 7.56. The van der Waals surface area contributed by atoms with Crippen molar-refractivity contribution < 1.29 is 9.59 Å². The zero-order valence-corrected chi connectivity index (χ0v) is 21.5. The normalized spacial score (nSPS) is 15.3. The molecule has 0 spiro atoms. The minimum absolute atomic E-state index is 0.0394. The molecule has 4 rings (SSSR count). The van der Waals surface area contributed by atoms with E-state index in [0.29, 0.717) is 20.5 Å². The number of aryl methyl sites for hydroxylation is 2. The lowest BCUT2D eigenvalue weighted by Crippen LogP contribution is -2.27. The zero-order chi connectivity index (χ0) is 23.2. The first-order chi connectivity index (χ1) is 15.2. The van der Waals surface area contributed by atoms with E-state index in [1.54, 1.807) is 24.3 Å². The van der Waals surface area contributed by atoms with Gasteiger partial charge in [0.1, 0.15) is 0 Å². The van der Waals surface area contributed by atoms with E-state index in [-0.39, 0.29) is 17.7 Å². The summed E-state index contributed by atoms with van der Waals surface area (Å²) < 4.78 is 3.19. The molecule has 0 bridgehead atoms. The number of imide groups is 1. The largest absolute Gasteiger partial charge is 0.318 e. The van der Waals surface area contributed by atoms with Crippen molar-refractivity contribution in [2.75, 3.05) is 0 Å². The molecule has 164 valence electrons. The molecule has 1 aliphatic rings. The van der Waals surface area contributed by atoms with Gasteiger partial charge in [-0.25, -0.2) is 0 Å². The van der Waals surface area contributed by atoms with Gasteiger partial charge in [0.05, 0.1) is 11.4 Å². The van der Waals surface area contributed by atoms with Crippen LogP contribution < -0.4 is 0 Å². The summed E-state index contributed by atoms with van der Waals surface area (Å²) in [6.07, 6.45) is 1.78. The van der Waals surface area contributed by atoms with E-state index >= 15 is 0 Å². The molecule has 1 fully saturated rings. The molecule has 0 saturated carbocycles. The fraction of sp³-hybridized carbons (Fsp3) is 0.167. The van der Waals surface area contributed by atoms with Gasteiger partial charge in [-0.2, -0.15) is 0 Å². The summed E-state index contributed by atoms with van der Waals surface area (Å²) in [5.41, 5.74) is 5.66. The molecule has 0 unspecified atom stereocenters. The number of aromatic nitrogens is 1. The Morgan fingerprint density at radius 2 is 1.72 bits per heavy atom. The van der Waals surface area contributed by atoms with Gasteiger partial charge in [-0.05, 0) is 86.1 Å². The minimum Gasteiger partial charge on any atom is -0.318 e. The quantitative estimate of drug-likeness (QED) is 0.313. The second-order valence-corrected chi connectivity index (χ2v) is 10.2. The molecule has 0 radical (unpaired) electrons. The van der Waals surface area contributed by atoms with Crippen LogP contribution in [-0.2, 0) is 11.3 Å². The van der Waals surface area contributed by atoms with E-state index < -0.39 is 0 Å². The fourth-order valence-corrected chi connectivity index (χ4v) is 5.31. The Hall–Kier alpha value is -1.99. The lowest BCUT2D eigenvalue weighted by Gasteiger charge is -2.14. The molecule has 2 aromatic carbocycles. The molecule has 1 aromatic heterocycles. The third-order valence-corrected chi connectivity index (χ3v) is 7.91. The highest BCUT2D eigenvalue weighted by molar-refractivity contribution is 9.10. The third kappa shape index (κ3) is 4.29. The summed E-state index contributed by atoms with van der Waals surface area (Å²) in [5, 5.41) is 0.511. The van der Waals surface area contributed by atoms with E-state index in [9.17, 15) is 9.59 Å². The predicted octanol–water partition coefficient (Wildman–Crippen LogP) is 7.71. The van der Waals surface area contributed by atoms with Crippen LogP contribution in [0.1, 0.15) is 28.1 Å². The van der Waals surface area contributed by atoms with Crippen LogP contribution in [0.15, 0.2) is 51.8 Å². The first kappa shape index (κ1) is 23.2. The Balaban J connectivity index is 1.66. The Labute approximate surface area is 209 Å². The van der Waals surface area contributed by atoms with E-state index in [4.69, 9.17) is 23.2 Å². The average Bonchev–Trinajstić information content (AvgIpc) is 3.16. The minimum atomic E-state index is -0.347. The molecule has 3 aromatic rings. The maximum Gasteiger partial charge on any atom is 0.293 e. The number of rotatable bonds is 4. The number of nitrogens with zero attached hydrogens (tertiary/aromatic N) is 2. The molecular formula is C24H19BrCl2N2O2S. The lowest BCUT2D eigenvalue weighted by molar-refractivity contribution is -0.123. The molecule has 0 atom stereocenters. The van der Waals surface area contributed by atoms with Gasteiger partial charge in [0.2, 0.25) is 0 Å². The zero-order valence-electron chi connectivity index (χ0n) is 17.6. The number of hydrogen-bond donors (Lipinski definition) is 0. The van der Waals surface area contributed by atoms with Crippen LogP contribution >= 0.6 is 50.9 Å². The fourth-order valence-electron chi connectivity index (χ4n) is 3.72. The van der Waals surface area contributed by atoms with Crippen molar-refractivity contribution in [3.05, 3.63) is 90.0 Å². The SMILES string of the molecule is Cc1cc(-n2c(C)cc(/C=C3\SC(=O)N(Cc4c(Cl)cccc4Cl)C3=O)c2C)ccc1Br. The summed E-state index contributed by atoms with van der Waals surface area (Å²) in [7, 11) is 0. The van der Waals surface area contributed by atoms with Crippen molar-refractivity contribution in [2.45, 2.75) is 27.3 Å². The summed E-state index contributed by atoms with van der Waals surface area (Å²) in [4.78, 5) is 27.2. The van der Waals surface area contributed by atoms with Crippen LogP contribution in [0.25, 0.3) is 11.8 Å². The highest BCUT2D eigenvalue weighted by Crippen LogP contribution is 2.36. The Morgan fingerprint density at radius 3 is 2.38 bits per heavy atom. The Bertz CT molecular complexity index is 1280. The van der Waals surface area contributed by atoms with E-state index in [2.05, 4.69) is 26.6 Å². The van der Waals surface area contributed by atoms with Crippen molar-refractivity contribution in [1.29, 1.82) is 0 Å². The number of thioether (sulfide) groups is 1. The Morgan fingerprint density at radius 1 is 1.03 bits per heavy atom. The molecule has 1 aliphatic heterocycles. The molecule has 4 nitrogen and oxygen atoms in total. The second kappa shape index (κ2) is 9.10. The van der Waals surface area contributed by atoms with Crippen molar-refractivity contribution in [1.82, 2.24) is 9.47 Å². The van der Waals surface area contributed by atoms with Crippen molar-refractivity contribution >= 4 is 68.1 Å². The van der Waals surface area contributed by atoms with Crippen LogP contribution in [0.2, 0.25) is 10.0 Å². The van der Waals surface area contributed by atoms with Gasteiger partial charge in [-0.1, -0.05) is 45.2 Å². The van der Waals surface area contributed by atoms with Crippen LogP contribution in [0, 0.1) is 20.8 Å². The van der Waals surface area contributed by atoms with Gasteiger partial charge < -0.3 is 4.57 Å². The summed E-state index contributed by atoms with van der Waals surface area (Å²) in [5.74, 6) is -0.347. The first-order valence-electron chi connectivity index (χ1n) is 9.81. The standard InChI is InChI=1S/C24H19BrCl2N2O2S/c1-13-9-17(7-8-19(13)25)29-14(2)10-16(15(29)3)11-22-23(30)28(24(31)32-22)12-18-20(26)5-4-6-21(18)27/h4-11H,12H2,1-3H3/b22-11-. The molecule has 1 saturated heterocycles. The van der Waals surface area contributed by atoms with Crippen molar-refractivity contribution in [3.8, 4) is 5.69 Å². The highest BCUT2D eigenvalue weighted by atomic mass is 79.9. The van der Waals surface area contributed by atoms with Gasteiger partial charge in [0, 0.05) is 37.2 Å². The van der Waals surface area contributed by atoms with Gasteiger partial charge >= 0.3 is 0 Å². The van der Waals surface area contributed by atoms with Gasteiger partial charge in [-0.3, -0.25) is 14.5 Å². The monoisotopic (exact) mass is 548 g/mol. The number of benzene rings is 2. The molecule has 2 amide bonds. The first-order valence-corrected chi connectivity index (χ1v) is 12.2. The van der Waals surface area contributed by atoms with E-state index in [0.717, 1.165) is 44.4 Å². The van der Waals surface area contributed by atoms with Crippen LogP contribution in [0.5, 0.6) is 0 Å². The highest BCUT2D eigenvalue weighted by Gasteiger charge is 2.36. The number of amides is 2. The van der Waals surface area contributed by atoms with Gasteiger partial charge in [0.25, 0.3) is 11.1 Å². The topological polar surface area (TPSA) is 42.3 Å². The molecule has 2 heterocycles. The molecule has 8 heteroatoms. The lowest BCUT2D eigenvalue weighted by atomic mass is 10.2. The molecule has 0 N–H and O–H groups in total. The summed E-state index contributed by atoms with van der Waals surface area (Å²) in [6, 6.07) is 13.3. The van der Waals surface area contributed by atoms with Crippen LogP contribution in [0.3, 0.4) is 0 Å². The average molecular weight is 550 g/mol. The third-order valence-electron chi connectivity index (χ3n) is 5.41. The maximum atomic E-state index is 13.0. The van der Waals surface area contributed by atoms with E-state index in [1.807, 2.05) is 39.0 Å². The van der Waals surface area contributed by atoms with E-state index in [1.165, 1.54) is 4.90 Å². The summed E-state index contributed by atoms with van der Waals surface area (Å²) in [6.45, 7) is 6.11. The number of carbonyl (C=O) groups is 2. The number of carbonyl (C=O) groups excluding carboxylic acids is 2. The molecular weight excluding hydrogens is 531 g/mol. The van der Waals surface area contributed by atoms with Gasteiger partial charge in [0.15, 0.2) is 0 Å². The molecule has 0 aliphatic carbocycles. The number of hydrogen-bond acceptors (Lipinski definition) is 3. The van der Waals surface area contributed by atoms with Gasteiger partial charge in [-0.15, -0.1) is 0 Å². The van der Waals surface area contributed by atoms with Crippen LogP contribution in [0.4, 0.5) is 4.79 Å². The van der Waals surface area contributed by atoms with Crippen molar-refractivity contribution in [2.24, 2.45) is 0 Å². The van der Waals surface area contributed by atoms with Crippen molar-refractivity contribution in [3.63, 3.8) is 0 Å². The molecule has 32 heavy (non-hydrogen) atoms. The smallest absolute Gasteiger partial charge is 0.293 e. The summed E-state index contributed by atoms with van der Waals surface area (Å²) >= 11 is 16.9. The Kier molecular flexibility index (Phi) is 6.59. The maximum absolute atomic E-state index is 13.0. The number of halogens is 3. The predicted molar refractivity (Wildman–Crippen MR) is 136 cm³/mol.